The molecule has 0 saturated carbocycles. The molecule has 0 saturated heterocycles. The van der Waals surface area contributed by atoms with E-state index in [0.29, 0.717) is 0 Å². The highest BCUT2D eigenvalue weighted by Gasteiger charge is 2.01. The quantitative estimate of drug-likeness (QED) is 0.474. The summed E-state index contributed by atoms with van der Waals surface area (Å²) in [4.78, 5) is 10.5. The molecule has 0 aromatic heterocycles. The molecule has 0 aromatic rings. The minimum Gasteiger partial charge on any atom is -0.287 e. The van der Waals surface area contributed by atoms with Crippen LogP contribution in [0.4, 0.5) is 0 Å². The molecule has 1 nitrogen and oxygen atoms in total. The van der Waals surface area contributed by atoms with E-state index < -0.39 is 0 Å². The number of allylic oxidation sites excluding steroid dienone is 2. The maximum Gasteiger partial charge on any atom is 0.192 e. The normalized spacial score (nSPS) is 14.1. The highest BCUT2D eigenvalue weighted by Crippen LogP contribution is 2.01. The molecule has 0 N–H and O–H groups in total. The average Bonchev–Trinajstić information content (AvgIpc) is 1.82. The first-order valence-corrected chi connectivity index (χ1v) is 3.52. The van der Waals surface area contributed by atoms with Gasteiger partial charge in [0.2, 0.25) is 0 Å². The van der Waals surface area contributed by atoms with Crippen LogP contribution < -0.4 is 0 Å². The summed E-state index contributed by atoms with van der Waals surface area (Å²) in [5.41, 5.74) is 0. The molecule has 0 amide bonds. The van der Waals surface area contributed by atoms with Crippen molar-refractivity contribution in [3.05, 3.63) is 12.2 Å². The van der Waals surface area contributed by atoms with E-state index in [1.165, 1.54) is 0 Å². The van der Waals surface area contributed by atoms with Gasteiger partial charge < -0.3 is 0 Å². The van der Waals surface area contributed by atoms with E-state index in [-0.39, 0.29) is 11.0 Å². The Balaban J connectivity index is 3.62. The molecule has 0 spiro atoms. The second-order valence-electron chi connectivity index (χ2n) is 1.96. The van der Waals surface area contributed by atoms with Crippen molar-refractivity contribution in [3.8, 4) is 0 Å². The predicted molar refractivity (Wildman–Crippen MR) is 42.6 cm³/mol. The summed E-state index contributed by atoms with van der Waals surface area (Å²) in [5.74, 6) is -0.0340. The van der Waals surface area contributed by atoms with Crippen LogP contribution in [-0.2, 0) is 4.79 Å². The zero-order chi connectivity index (χ0) is 7.28. The Morgan fingerprint density at radius 3 is 2.67 bits per heavy atom. The molecule has 1 atom stereocenters. The topological polar surface area (TPSA) is 17.1 Å². The summed E-state index contributed by atoms with van der Waals surface area (Å²) in [7, 11) is 0. The molecule has 2 heteroatoms. The van der Waals surface area contributed by atoms with Crippen molar-refractivity contribution in [3.63, 3.8) is 0 Å². The smallest absolute Gasteiger partial charge is 0.192 e. The zero-order valence-corrected chi connectivity index (χ0v) is 6.69. The molecular formula is C7H12OS. The van der Waals surface area contributed by atoms with Crippen LogP contribution in [0, 0.1) is 5.92 Å². The van der Waals surface area contributed by atoms with E-state index in [1.807, 2.05) is 26.0 Å². The van der Waals surface area contributed by atoms with E-state index in [2.05, 4.69) is 12.6 Å². The van der Waals surface area contributed by atoms with Crippen molar-refractivity contribution in [2.45, 2.75) is 20.3 Å². The minimum absolute atomic E-state index is 0.0340. The Labute approximate surface area is 61.6 Å². The molecule has 0 aromatic carbocycles. The Bertz CT molecular complexity index is 118. The van der Waals surface area contributed by atoms with E-state index in [1.54, 1.807) is 0 Å². The van der Waals surface area contributed by atoms with Gasteiger partial charge in [-0.25, -0.2) is 0 Å². The summed E-state index contributed by atoms with van der Waals surface area (Å²) >= 11 is 3.68. The fourth-order valence-electron chi connectivity index (χ4n) is 0.423. The van der Waals surface area contributed by atoms with E-state index in [9.17, 15) is 4.79 Å². The van der Waals surface area contributed by atoms with Gasteiger partial charge in [-0.05, 0) is 6.42 Å². The molecule has 1 unspecified atom stereocenters. The predicted octanol–water partition coefficient (Wildman–Crippen LogP) is 2.05. The van der Waals surface area contributed by atoms with Gasteiger partial charge in [0.05, 0.1) is 0 Å². The van der Waals surface area contributed by atoms with Crippen molar-refractivity contribution in [2.24, 2.45) is 5.92 Å². The lowest BCUT2D eigenvalue weighted by atomic mass is 10.2. The Hall–Kier alpha value is -0.240. The summed E-state index contributed by atoms with van der Waals surface area (Å²) in [6.07, 6.45) is 4.82. The fraction of sp³-hybridized carbons (Fsp3) is 0.571. The van der Waals surface area contributed by atoms with Crippen LogP contribution in [0.2, 0.25) is 0 Å². The van der Waals surface area contributed by atoms with Crippen molar-refractivity contribution in [2.75, 3.05) is 0 Å². The number of hydrogen-bond donors (Lipinski definition) is 1. The first-order chi connectivity index (χ1) is 4.18. The van der Waals surface area contributed by atoms with Gasteiger partial charge in [0.25, 0.3) is 0 Å². The summed E-state index contributed by atoms with van der Waals surface area (Å²) in [5, 5.41) is -0.0697. The first kappa shape index (κ1) is 8.76. The van der Waals surface area contributed by atoms with Gasteiger partial charge in [-0.2, -0.15) is 0 Å². The molecule has 0 radical (unpaired) electrons. The van der Waals surface area contributed by atoms with Crippen LogP contribution in [-0.4, -0.2) is 5.12 Å². The zero-order valence-electron chi connectivity index (χ0n) is 5.79. The number of rotatable bonds is 3. The largest absolute Gasteiger partial charge is 0.287 e. The van der Waals surface area contributed by atoms with Crippen LogP contribution in [0.5, 0.6) is 0 Å². The summed E-state index contributed by atoms with van der Waals surface area (Å²) < 4.78 is 0. The lowest BCUT2D eigenvalue weighted by Gasteiger charge is -1.95. The van der Waals surface area contributed by atoms with Crippen molar-refractivity contribution < 1.29 is 4.79 Å². The van der Waals surface area contributed by atoms with E-state index in [0.717, 1.165) is 6.42 Å². The lowest BCUT2D eigenvalue weighted by Crippen LogP contribution is -1.98. The number of hydrogen-bond acceptors (Lipinski definition) is 1. The highest BCUT2D eigenvalue weighted by atomic mass is 32.1. The maximum absolute atomic E-state index is 10.5. The summed E-state index contributed by atoms with van der Waals surface area (Å²) in [6, 6.07) is 0. The second-order valence-corrected chi connectivity index (χ2v) is 2.40. The van der Waals surface area contributed by atoms with Gasteiger partial charge in [0.1, 0.15) is 0 Å². The standard InChI is InChI=1S/C7H12OS/c1-3-4-5-6(2)7(8)9/h4-6H,3H2,1-2H3,(H,8,9)/b5-4+. The van der Waals surface area contributed by atoms with Crippen molar-refractivity contribution in [1.82, 2.24) is 0 Å². The first-order valence-electron chi connectivity index (χ1n) is 3.08. The fourth-order valence-corrected chi connectivity index (χ4v) is 0.509. The Morgan fingerprint density at radius 1 is 1.78 bits per heavy atom. The third-order valence-corrected chi connectivity index (χ3v) is 1.46. The molecule has 0 bridgehead atoms. The van der Waals surface area contributed by atoms with E-state index >= 15 is 0 Å². The second kappa shape index (κ2) is 4.62. The van der Waals surface area contributed by atoms with Crippen LogP contribution in [0.3, 0.4) is 0 Å². The minimum atomic E-state index is -0.0697. The summed E-state index contributed by atoms with van der Waals surface area (Å²) in [6.45, 7) is 3.87. The van der Waals surface area contributed by atoms with Crippen molar-refractivity contribution >= 4 is 17.7 Å². The molecule has 0 aliphatic heterocycles. The number of carbonyl (C=O) groups is 1. The van der Waals surface area contributed by atoms with Crippen LogP contribution >= 0.6 is 12.6 Å². The van der Waals surface area contributed by atoms with Gasteiger partial charge >= 0.3 is 0 Å². The van der Waals surface area contributed by atoms with Gasteiger partial charge in [0, 0.05) is 5.92 Å². The Kier molecular flexibility index (Phi) is 4.50. The number of carbonyl (C=O) groups excluding carboxylic acids is 1. The third kappa shape index (κ3) is 4.28. The molecule has 0 aliphatic carbocycles. The molecule has 0 aliphatic rings. The van der Waals surface area contributed by atoms with Crippen LogP contribution in [0.15, 0.2) is 12.2 Å². The molecule has 9 heavy (non-hydrogen) atoms. The third-order valence-electron chi connectivity index (χ3n) is 1.05. The molecule has 0 rings (SSSR count). The molecule has 0 fully saturated rings. The molecule has 0 heterocycles. The van der Waals surface area contributed by atoms with Crippen molar-refractivity contribution in [1.29, 1.82) is 0 Å². The van der Waals surface area contributed by atoms with Gasteiger partial charge in [-0.1, -0.05) is 26.0 Å². The van der Waals surface area contributed by atoms with Crippen LogP contribution in [0.25, 0.3) is 0 Å². The lowest BCUT2D eigenvalue weighted by molar-refractivity contribution is -0.112. The monoisotopic (exact) mass is 144 g/mol. The maximum atomic E-state index is 10.5. The number of thiol groups is 1. The average molecular weight is 144 g/mol. The highest BCUT2D eigenvalue weighted by molar-refractivity contribution is 7.96. The van der Waals surface area contributed by atoms with Crippen LogP contribution in [0.1, 0.15) is 20.3 Å². The SMILES string of the molecule is CC/C=C/C(C)C(=O)S. The van der Waals surface area contributed by atoms with Gasteiger partial charge in [0.15, 0.2) is 5.12 Å². The Morgan fingerprint density at radius 2 is 2.33 bits per heavy atom. The van der Waals surface area contributed by atoms with E-state index in [4.69, 9.17) is 0 Å². The van der Waals surface area contributed by atoms with Gasteiger partial charge in [-0.3, -0.25) is 4.79 Å². The molecule has 52 valence electrons. The van der Waals surface area contributed by atoms with Gasteiger partial charge in [-0.15, -0.1) is 12.6 Å². The molecular weight excluding hydrogens is 132 g/mol.